The Hall–Kier alpha value is -4.72. The van der Waals surface area contributed by atoms with Crippen molar-refractivity contribution in [3.63, 3.8) is 0 Å². The van der Waals surface area contributed by atoms with Crippen molar-refractivity contribution in [2.24, 2.45) is 5.73 Å². The molecule has 3 amide bonds. The van der Waals surface area contributed by atoms with Gasteiger partial charge in [-0.05, 0) is 18.1 Å². The molecule has 14 nitrogen and oxygen atoms in total. The number of aromatic amines is 2. The SMILES string of the molecule is NC(Cc1cnc[nH]1)C(=O)NC(Cc1c[nH]c2ccccc12)C(=O)NC(CCC(=O)O)C(=O)NCC(=O)O. The highest BCUT2D eigenvalue weighted by Crippen LogP contribution is 2.19. The van der Waals surface area contributed by atoms with Gasteiger partial charge in [0.25, 0.3) is 0 Å². The van der Waals surface area contributed by atoms with Gasteiger partial charge < -0.3 is 41.9 Å². The molecule has 38 heavy (non-hydrogen) atoms. The Morgan fingerprint density at radius 3 is 2.34 bits per heavy atom. The number of H-pyrrole nitrogens is 2. The lowest BCUT2D eigenvalue weighted by Crippen LogP contribution is -2.57. The van der Waals surface area contributed by atoms with Gasteiger partial charge in [0.2, 0.25) is 17.7 Å². The Balaban J connectivity index is 1.80. The molecule has 0 saturated heterocycles. The maximum absolute atomic E-state index is 13.3. The van der Waals surface area contributed by atoms with Crippen LogP contribution in [0.1, 0.15) is 24.1 Å². The molecule has 0 bridgehead atoms. The highest BCUT2D eigenvalue weighted by molar-refractivity contribution is 5.94. The average molecular weight is 528 g/mol. The third-order valence-corrected chi connectivity index (χ3v) is 5.76. The van der Waals surface area contributed by atoms with Gasteiger partial charge in [-0.2, -0.15) is 0 Å². The second kappa shape index (κ2) is 13.0. The second-order valence-corrected chi connectivity index (χ2v) is 8.62. The van der Waals surface area contributed by atoms with E-state index in [1.165, 1.54) is 12.5 Å². The number of carboxylic acids is 2. The summed E-state index contributed by atoms with van der Waals surface area (Å²) in [7, 11) is 0. The van der Waals surface area contributed by atoms with Crippen LogP contribution in [0.4, 0.5) is 0 Å². The predicted octanol–water partition coefficient (Wildman–Crippen LogP) is -0.961. The molecule has 0 spiro atoms. The summed E-state index contributed by atoms with van der Waals surface area (Å²) in [6, 6.07) is 3.80. The lowest BCUT2D eigenvalue weighted by molar-refractivity contribution is -0.140. The van der Waals surface area contributed by atoms with E-state index in [1.807, 2.05) is 24.3 Å². The molecule has 0 saturated carbocycles. The van der Waals surface area contributed by atoms with E-state index in [1.54, 1.807) is 6.20 Å². The molecular weight excluding hydrogens is 498 g/mol. The number of amides is 3. The summed E-state index contributed by atoms with van der Waals surface area (Å²) in [6.07, 6.45) is 4.07. The number of fused-ring (bicyclic) bond motifs is 1. The Morgan fingerprint density at radius 1 is 0.921 bits per heavy atom. The van der Waals surface area contributed by atoms with Crippen LogP contribution in [-0.2, 0) is 36.8 Å². The van der Waals surface area contributed by atoms with Crippen LogP contribution in [0.3, 0.4) is 0 Å². The highest BCUT2D eigenvalue weighted by atomic mass is 16.4. The number of hydrogen-bond donors (Lipinski definition) is 8. The minimum atomic E-state index is -1.35. The molecule has 202 valence electrons. The number of aromatic nitrogens is 3. The molecule has 2 aromatic heterocycles. The first-order valence-corrected chi connectivity index (χ1v) is 11.7. The fourth-order valence-electron chi connectivity index (χ4n) is 3.83. The smallest absolute Gasteiger partial charge is 0.322 e. The second-order valence-electron chi connectivity index (χ2n) is 8.62. The summed E-state index contributed by atoms with van der Waals surface area (Å²) in [4.78, 5) is 70.5. The van der Waals surface area contributed by atoms with Crippen LogP contribution in [0.15, 0.2) is 43.0 Å². The van der Waals surface area contributed by atoms with Crippen molar-refractivity contribution in [2.75, 3.05) is 6.54 Å². The van der Waals surface area contributed by atoms with Crippen LogP contribution in [0.2, 0.25) is 0 Å². The Labute approximate surface area is 216 Å². The van der Waals surface area contributed by atoms with Crippen LogP contribution in [-0.4, -0.2) is 79.5 Å². The summed E-state index contributed by atoms with van der Waals surface area (Å²) in [5, 5.41) is 25.9. The number of para-hydroxylation sites is 1. The van der Waals surface area contributed by atoms with E-state index in [9.17, 15) is 24.0 Å². The number of nitrogens with two attached hydrogens (primary N) is 1. The van der Waals surface area contributed by atoms with Crippen molar-refractivity contribution < 1.29 is 34.2 Å². The minimum absolute atomic E-state index is 0.0285. The quantitative estimate of drug-likeness (QED) is 0.129. The molecular formula is C24H29N7O7. The van der Waals surface area contributed by atoms with E-state index in [-0.39, 0.29) is 19.3 Å². The third-order valence-electron chi connectivity index (χ3n) is 5.76. The third kappa shape index (κ3) is 7.89. The van der Waals surface area contributed by atoms with Gasteiger partial charge in [-0.15, -0.1) is 0 Å². The number of carboxylic acid groups (broad SMARTS) is 2. The molecule has 3 unspecified atom stereocenters. The first kappa shape index (κ1) is 27.9. The molecule has 3 aromatic rings. The van der Waals surface area contributed by atoms with Gasteiger partial charge in [-0.25, -0.2) is 4.98 Å². The molecule has 3 atom stereocenters. The topological polar surface area (TPSA) is 232 Å². The van der Waals surface area contributed by atoms with Gasteiger partial charge >= 0.3 is 11.9 Å². The normalized spacial score (nSPS) is 13.3. The van der Waals surface area contributed by atoms with Crippen LogP contribution in [0.5, 0.6) is 0 Å². The zero-order valence-electron chi connectivity index (χ0n) is 20.3. The summed E-state index contributed by atoms with van der Waals surface area (Å²) < 4.78 is 0. The standard InChI is InChI=1S/C24H29N7O7/c25-16(8-14-10-26-12-29-14)22(36)31-19(7-13-9-27-17-4-2-1-3-15(13)17)24(38)30-18(5-6-20(32)33)23(37)28-11-21(34)35/h1-4,9-10,12,16,18-19,27H,5-8,11,25H2,(H,26,29)(H,28,37)(H,30,38)(H,31,36)(H,32,33)(H,34,35). The first-order chi connectivity index (χ1) is 18.1. The molecule has 9 N–H and O–H groups in total. The zero-order chi connectivity index (χ0) is 27.7. The first-order valence-electron chi connectivity index (χ1n) is 11.7. The molecule has 1 aromatic carbocycles. The van der Waals surface area contributed by atoms with Gasteiger partial charge in [0, 0.05) is 48.3 Å². The Morgan fingerprint density at radius 2 is 1.66 bits per heavy atom. The largest absolute Gasteiger partial charge is 0.481 e. The Kier molecular flexibility index (Phi) is 9.54. The lowest BCUT2D eigenvalue weighted by Gasteiger charge is -2.24. The van der Waals surface area contributed by atoms with Gasteiger partial charge in [0.1, 0.15) is 18.6 Å². The maximum atomic E-state index is 13.3. The molecule has 14 heteroatoms. The van der Waals surface area contributed by atoms with Gasteiger partial charge in [-0.3, -0.25) is 24.0 Å². The van der Waals surface area contributed by atoms with E-state index in [4.69, 9.17) is 15.9 Å². The van der Waals surface area contributed by atoms with Crippen LogP contribution in [0.25, 0.3) is 10.9 Å². The molecule has 3 rings (SSSR count). The van der Waals surface area contributed by atoms with E-state index >= 15 is 0 Å². The number of carbonyl (C=O) groups is 5. The highest BCUT2D eigenvalue weighted by Gasteiger charge is 2.29. The van der Waals surface area contributed by atoms with E-state index in [2.05, 4.69) is 30.9 Å². The van der Waals surface area contributed by atoms with Crippen molar-refractivity contribution in [3.8, 4) is 0 Å². The molecule has 0 aliphatic rings. The minimum Gasteiger partial charge on any atom is -0.481 e. The van der Waals surface area contributed by atoms with Crippen LogP contribution < -0.4 is 21.7 Å². The van der Waals surface area contributed by atoms with Crippen molar-refractivity contribution >= 4 is 40.6 Å². The molecule has 2 heterocycles. The fraction of sp³-hybridized carbons (Fsp3) is 0.333. The fourth-order valence-corrected chi connectivity index (χ4v) is 3.83. The number of hydrogen-bond acceptors (Lipinski definition) is 7. The summed E-state index contributed by atoms with van der Waals surface area (Å²) >= 11 is 0. The van der Waals surface area contributed by atoms with Crippen LogP contribution in [0, 0.1) is 0 Å². The number of benzene rings is 1. The summed E-state index contributed by atoms with van der Waals surface area (Å²) in [6.45, 7) is -0.712. The summed E-state index contributed by atoms with van der Waals surface area (Å²) in [5.74, 6) is -4.77. The van der Waals surface area contributed by atoms with Gasteiger partial charge in [-0.1, -0.05) is 18.2 Å². The van der Waals surface area contributed by atoms with Crippen molar-refractivity contribution in [3.05, 3.63) is 54.2 Å². The van der Waals surface area contributed by atoms with E-state index in [0.717, 1.165) is 10.9 Å². The van der Waals surface area contributed by atoms with Crippen LogP contribution >= 0.6 is 0 Å². The van der Waals surface area contributed by atoms with E-state index < -0.39 is 60.8 Å². The summed E-state index contributed by atoms with van der Waals surface area (Å²) in [5.41, 5.74) is 8.18. The number of nitrogens with one attached hydrogen (secondary N) is 5. The van der Waals surface area contributed by atoms with Gasteiger partial charge in [0.05, 0.1) is 12.4 Å². The van der Waals surface area contributed by atoms with Crippen molar-refractivity contribution in [1.29, 1.82) is 0 Å². The number of aliphatic carboxylic acids is 2. The number of rotatable bonds is 14. The van der Waals surface area contributed by atoms with E-state index in [0.29, 0.717) is 11.3 Å². The molecule has 0 radical (unpaired) electrons. The number of nitrogens with zero attached hydrogens (tertiary/aromatic N) is 1. The van der Waals surface area contributed by atoms with Crippen molar-refractivity contribution in [1.82, 2.24) is 30.9 Å². The predicted molar refractivity (Wildman–Crippen MR) is 134 cm³/mol. The monoisotopic (exact) mass is 527 g/mol. The zero-order valence-corrected chi connectivity index (χ0v) is 20.3. The number of imidazole rings is 1. The lowest BCUT2D eigenvalue weighted by atomic mass is 10.0. The van der Waals surface area contributed by atoms with Crippen molar-refractivity contribution in [2.45, 2.75) is 43.8 Å². The number of carbonyl (C=O) groups excluding carboxylic acids is 3. The molecule has 0 fully saturated rings. The molecule has 0 aliphatic heterocycles. The maximum Gasteiger partial charge on any atom is 0.322 e. The van der Waals surface area contributed by atoms with Gasteiger partial charge in [0.15, 0.2) is 0 Å². The Bertz CT molecular complexity index is 1290. The average Bonchev–Trinajstić information content (AvgIpc) is 3.54. The molecule has 0 aliphatic carbocycles.